The van der Waals surface area contributed by atoms with Crippen LogP contribution < -0.4 is 11.5 Å². The molecular formula is C7H14N2O3. The smallest absolute Gasteiger partial charge is 0.321 e. The van der Waals surface area contributed by atoms with Crippen LogP contribution >= 0.6 is 0 Å². The monoisotopic (exact) mass is 174 g/mol. The highest BCUT2D eigenvalue weighted by molar-refractivity contribution is 5.78. The lowest BCUT2D eigenvalue weighted by Gasteiger charge is -2.26. The van der Waals surface area contributed by atoms with Gasteiger partial charge >= 0.3 is 5.97 Å². The molecule has 0 radical (unpaired) electrons. The van der Waals surface area contributed by atoms with E-state index in [0.29, 0.717) is 0 Å². The highest BCUT2D eigenvalue weighted by Gasteiger charge is 2.33. The van der Waals surface area contributed by atoms with E-state index in [1.165, 1.54) is 0 Å². The lowest BCUT2D eigenvalue weighted by Crippen LogP contribution is -2.45. The molecule has 70 valence electrons. The fourth-order valence-corrected chi connectivity index (χ4v) is 0.893. The highest BCUT2D eigenvalue weighted by Crippen LogP contribution is 2.23. The fraction of sp³-hybridized carbons (Fsp3) is 0.714. The van der Waals surface area contributed by atoms with Crippen LogP contribution in [0, 0.1) is 5.41 Å². The Morgan fingerprint density at radius 3 is 2.17 bits per heavy atom. The van der Waals surface area contributed by atoms with Gasteiger partial charge in [-0.3, -0.25) is 9.59 Å². The van der Waals surface area contributed by atoms with Crippen molar-refractivity contribution in [2.45, 2.75) is 26.3 Å². The second kappa shape index (κ2) is 3.53. The van der Waals surface area contributed by atoms with Gasteiger partial charge in [0.15, 0.2) is 0 Å². The first-order valence-electron chi connectivity index (χ1n) is 3.54. The van der Waals surface area contributed by atoms with Gasteiger partial charge in [0.1, 0.15) is 6.04 Å². The zero-order valence-corrected chi connectivity index (χ0v) is 7.20. The quantitative estimate of drug-likeness (QED) is 0.523. The van der Waals surface area contributed by atoms with Gasteiger partial charge in [0, 0.05) is 6.42 Å². The zero-order chi connectivity index (χ0) is 9.94. The summed E-state index contributed by atoms with van der Waals surface area (Å²) in [7, 11) is 0. The molecule has 0 aliphatic carbocycles. The van der Waals surface area contributed by atoms with Crippen molar-refractivity contribution in [3.05, 3.63) is 0 Å². The van der Waals surface area contributed by atoms with Gasteiger partial charge in [-0.2, -0.15) is 0 Å². The summed E-state index contributed by atoms with van der Waals surface area (Å²) in [6.45, 7) is 3.19. The predicted octanol–water partition coefficient (Wildman–Crippen LogP) is -0.700. The number of nitrogens with two attached hydrogens (primary N) is 2. The molecule has 0 saturated heterocycles. The van der Waals surface area contributed by atoms with Crippen LogP contribution in [0.4, 0.5) is 0 Å². The van der Waals surface area contributed by atoms with Gasteiger partial charge < -0.3 is 16.6 Å². The van der Waals surface area contributed by atoms with Crippen LogP contribution in [0.2, 0.25) is 0 Å². The molecule has 0 fully saturated rings. The lowest BCUT2D eigenvalue weighted by atomic mass is 9.81. The number of carbonyl (C=O) groups excluding carboxylic acids is 1. The molecule has 5 nitrogen and oxygen atoms in total. The Balaban J connectivity index is 4.38. The second-order valence-electron chi connectivity index (χ2n) is 3.45. The van der Waals surface area contributed by atoms with E-state index in [4.69, 9.17) is 16.6 Å². The van der Waals surface area contributed by atoms with E-state index in [2.05, 4.69) is 0 Å². The lowest BCUT2D eigenvalue weighted by molar-refractivity contribution is -0.141. The molecule has 5 N–H and O–H groups in total. The first-order valence-corrected chi connectivity index (χ1v) is 3.54. The van der Waals surface area contributed by atoms with Crippen molar-refractivity contribution in [3.63, 3.8) is 0 Å². The number of hydrogen-bond donors (Lipinski definition) is 3. The van der Waals surface area contributed by atoms with E-state index >= 15 is 0 Å². The third-order valence-corrected chi connectivity index (χ3v) is 1.74. The van der Waals surface area contributed by atoms with Crippen molar-refractivity contribution in [1.29, 1.82) is 0 Å². The number of carboxylic acids is 1. The molecule has 0 aromatic heterocycles. The molecule has 0 spiro atoms. The third-order valence-electron chi connectivity index (χ3n) is 1.74. The molecule has 1 amide bonds. The van der Waals surface area contributed by atoms with Gasteiger partial charge in [0.05, 0.1) is 0 Å². The number of rotatable bonds is 4. The van der Waals surface area contributed by atoms with Crippen LogP contribution in [0.1, 0.15) is 20.3 Å². The number of carboxylic acid groups (broad SMARTS) is 1. The first kappa shape index (κ1) is 10.9. The number of aliphatic carboxylic acids is 1. The maximum atomic E-state index is 10.5. The summed E-state index contributed by atoms with van der Waals surface area (Å²) in [5.41, 5.74) is 9.47. The van der Waals surface area contributed by atoms with E-state index in [9.17, 15) is 9.59 Å². The van der Waals surface area contributed by atoms with Crippen molar-refractivity contribution in [1.82, 2.24) is 0 Å². The topological polar surface area (TPSA) is 106 Å². The summed E-state index contributed by atoms with van der Waals surface area (Å²) in [4.78, 5) is 21.0. The van der Waals surface area contributed by atoms with Crippen LogP contribution in [-0.4, -0.2) is 23.0 Å². The second-order valence-corrected chi connectivity index (χ2v) is 3.45. The Hall–Kier alpha value is -1.10. The molecule has 1 unspecified atom stereocenters. The van der Waals surface area contributed by atoms with E-state index in [-0.39, 0.29) is 6.42 Å². The van der Waals surface area contributed by atoms with Crippen LogP contribution in [-0.2, 0) is 9.59 Å². The Bertz CT molecular complexity index is 201. The van der Waals surface area contributed by atoms with Gasteiger partial charge in [-0.1, -0.05) is 13.8 Å². The van der Waals surface area contributed by atoms with Crippen molar-refractivity contribution >= 4 is 11.9 Å². The molecule has 5 heteroatoms. The summed E-state index contributed by atoms with van der Waals surface area (Å²) in [6.07, 6.45) is -0.0273. The van der Waals surface area contributed by atoms with Gasteiger partial charge in [0.25, 0.3) is 0 Å². The molecule has 0 heterocycles. The van der Waals surface area contributed by atoms with Crippen molar-refractivity contribution in [2.24, 2.45) is 16.9 Å². The molecule has 0 aliphatic heterocycles. The Kier molecular flexibility index (Phi) is 3.21. The summed E-state index contributed by atoms with van der Waals surface area (Å²) < 4.78 is 0. The molecule has 0 saturated carbocycles. The molecule has 0 aliphatic rings. The van der Waals surface area contributed by atoms with Crippen LogP contribution in [0.15, 0.2) is 0 Å². The summed E-state index contributed by atoms with van der Waals surface area (Å²) in [5, 5.41) is 8.55. The third kappa shape index (κ3) is 2.87. The van der Waals surface area contributed by atoms with Crippen molar-refractivity contribution in [3.8, 4) is 0 Å². The molecule has 12 heavy (non-hydrogen) atoms. The molecule has 0 bridgehead atoms. The minimum atomic E-state index is -1.12. The maximum Gasteiger partial charge on any atom is 0.321 e. The minimum Gasteiger partial charge on any atom is -0.480 e. The summed E-state index contributed by atoms with van der Waals surface area (Å²) in [6, 6.07) is -1.06. The molecule has 1 atom stereocenters. The largest absolute Gasteiger partial charge is 0.480 e. The summed E-state index contributed by atoms with van der Waals surface area (Å²) in [5.74, 6) is -1.67. The first-order chi connectivity index (χ1) is 5.27. The summed E-state index contributed by atoms with van der Waals surface area (Å²) >= 11 is 0. The average Bonchev–Trinajstić information content (AvgIpc) is 1.82. The predicted molar refractivity (Wildman–Crippen MR) is 43.2 cm³/mol. The fourth-order valence-electron chi connectivity index (χ4n) is 0.893. The average molecular weight is 174 g/mol. The van der Waals surface area contributed by atoms with Gasteiger partial charge in [-0.15, -0.1) is 0 Å². The van der Waals surface area contributed by atoms with E-state index in [1.807, 2.05) is 0 Å². The Labute approximate surface area is 70.7 Å². The number of amides is 1. The zero-order valence-electron chi connectivity index (χ0n) is 7.20. The van der Waals surface area contributed by atoms with Crippen molar-refractivity contribution < 1.29 is 14.7 Å². The Morgan fingerprint density at radius 1 is 1.50 bits per heavy atom. The van der Waals surface area contributed by atoms with E-state index in [1.54, 1.807) is 13.8 Å². The SMILES string of the molecule is CC(C)(CC(N)=O)C(N)C(=O)O. The maximum absolute atomic E-state index is 10.5. The molecule has 0 rings (SSSR count). The number of primary amides is 1. The molecule has 0 aromatic carbocycles. The number of hydrogen-bond acceptors (Lipinski definition) is 3. The highest BCUT2D eigenvalue weighted by atomic mass is 16.4. The standard InChI is InChI=1S/C7H14N2O3/c1-7(2,3-4(8)10)5(9)6(11)12/h5H,3,9H2,1-2H3,(H2,8,10)(H,11,12). The normalized spacial score (nSPS) is 13.9. The van der Waals surface area contributed by atoms with Crippen LogP contribution in [0.25, 0.3) is 0 Å². The minimum absolute atomic E-state index is 0.0273. The van der Waals surface area contributed by atoms with Crippen LogP contribution in [0.3, 0.4) is 0 Å². The van der Waals surface area contributed by atoms with Crippen LogP contribution in [0.5, 0.6) is 0 Å². The van der Waals surface area contributed by atoms with Crippen molar-refractivity contribution in [2.75, 3.05) is 0 Å². The van der Waals surface area contributed by atoms with E-state index < -0.39 is 23.3 Å². The number of carbonyl (C=O) groups is 2. The van der Waals surface area contributed by atoms with Gasteiger partial charge in [-0.05, 0) is 5.41 Å². The van der Waals surface area contributed by atoms with Gasteiger partial charge in [0.2, 0.25) is 5.91 Å². The Morgan fingerprint density at radius 2 is 1.92 bits per heavy atom. The molecular weight excluding hydrogens is 160 g/mol. The molecule has 0 aromatic rings. The van der Waals surface area contributed by atoms with Gasteiger partial charge in [-0.25, -0.2) is 0 Å². The van der Waals surface area contributed by atoms with E-state index in [0.717, 1.165) is 0 Å².